The van der Waals surface area contributed by atoms with Crippen molar-refractivity contribution in [3.05, 3.63) is 119 Å². The molecule has 4 aliphatic rings. The van der Waals surface area contributed by atoms with Crippen LogP contribution in [0.5, 0.6) is 0 Å². The van der Waals surface area contributed by atoms with Crippen LogP contribution in [0.15, 0.2) is 97.1 Å². The molecule has 2 saturated heterocycles. The van der Waals surface area contributed by atoms with E-state index in [0.29, 0.717) is 0 Å². The number of carboxylic acids is 2. The molecule has 2 heterocycles. The van der Waals surface area contributed by atoms with Crippen LogP contribution in [0.4, 0.5) is 19.2 Å². The summed E-state index contributed by atoms with van der Waals surface area (Å²) in [5, 5.41) is 24.5. The van der Waals surface area contributed by atoms with Crippen LogP contribution in [0.25, 0.3) is 22.3 Å². The molecule has 2 aliphatic heterocycles. The Kier molecular flexibility index (Phi) is 14.7. The SMILES string of the molecule is CC(C)(C)OC(=O)N[C@@H]1C[C@@H](C(=O)O)CN(C(=O)OCC2c3ccccc3-c3ccccc32)C1.CC(C)(C)OC(=O)N[C@@H]1C[C@H](C(=O)O)CN(C(=O)OCC2c3ccccc3-c3ccccc32)C1. The van der Waals surface area contributed by atoms with Crippen molar-refractivity contribution in [2.45, 2.75) is 89.5 Å². The standard InChI is InChI=1S/2C26H30N2O6/c2*1-26(2,3)34-24(31)27-17-12-16(23(29)30)13-28(14-17)25(32)33-15-22-20-10-6-4-8-18(20)19-9-5-7-11-21(19)22/h2*4-11,16-17,22H,12-15H2,1-3H3,(H,27,31)(H,29,30)/t16-,17+;16-,17-/m01/s1. The highest BCUT2D eigenvalue weighted by Gasteiger charge is 2.39. The number of likely N-dealkylation sites (tertiary alicyclic amines) is 2. The summed E-state index contributed by atoms with van der Waals surface area (Å²) in [5.41, 5.74) is 7.55. The molecule has 0 unspecified atom stereocenters. The Labute approximate surface area is 395 Å². The molecule has 16 nitrogen and oxygen atoms in total. The van der Waals surface area contributed by atoms with Crippen LogP contribution in [0, 0.1) is 11.8 Å². The Morgan fingerprint density at radius 2 is 0.794 bits per heavy atom. The number of piperidine rings is 2. The van der Waals surface area contributed by atoms with Gasteiger partial charge in [0.25, 0.3) is 0 Å². The van der Waals surface area contributed by atoms with Crippen molar-refractivity contribution in [3.63, 3.8) is 0 Å². The zero-order valence-corrected chi connectivity index (χ0v) is 39.2. The minimum absolute atomic E-state index is 0.0263. The van der Waals surface area contributed by atoms with E-state index in [2.05, 4.69) is 34.9 Å². The van der Waals surface area contributed by atoms with Crippen molar-refractivity contribution < 1.29 is 57.9 Å². The monoisotopic (exact) mass is 932 g/mol. The average molecular weight is 933 g/mol. The van der Waals surface area contributed by atoms with Crippen molar-refractivity contribution in [3.8, 4) is 22.3 Å². The molecule has 0 bridgehead atoms. The molecule has 360 valence electrons. The molecule has 4 aromatic rings. The summed E-state index contributed by atoms with van der Waals surface area (Å²) < 4.78 is 21.9. The second-order valence-electron chi connectivity index (χ2n) is 19.6. The smallest absolute Gasteiger partial charge is 0.409 e. The van der Waals surface area contributed by atoms with E-state index in [1.807, 2.05) is 72.8 Å². The number of nitrogens with zero attached hydrogens (tertiary/aromatic N) is 2. The molecule has 2 fully saturated rings. The van der Waals surface area contributed by atoms with Gasteiger partial charge in [0.2, 0.25) is 0 Å². The summed E-state index contributed by atoms with van der Waals surface area (Å²) in [6.07, 6.45) is -2.05. The summed E-state index contributed by atoms with van der Waals surface area (Å²) in [4.78, 5) is 76.5. The Balaban J connectivity index is 0.000000201. The number of hydrogen-bond acceptors (Lipinski definition) is 10. The number of hydrogen-bond donors (Lipinski definition) is 4. The summed E-state index contributed by atoms with van der Waals surface area (Å²) in [6, 6.07) is 31.1. The van der Waals surface area contributed by atoms with E-state index in [9.17, 15) is 39.0 Å². The van der Waals surface area contributed by atoms with Gasteiger partial charge in [-0.1, -0.05) is 97.1 Å². The Bertz CT molecular complexity index is 2270. The molecule has 8 rings (SSSR count). The normalized spacial score (nSPS) is 19.7. The fourth-order valence-corrected chi connectivity index (χ4v) is 9.38. The number of aliphatic carboxylic acids is 2. The number of fused-ring (bicyclic) bond motifs is 6. The number of rotatable bonds is 8. The fraction of sp³-hybridized carbons (Fsp3) is 0.423. The highest BCUT2D eigenvalue weighted by molar-refractivity contribution is 5.81. The lowest BCUT2D eigenvalue weighted by Gasteiger charge is -2.36. The van der Waals surface area contributed by atoms with Crippen molar-refractivity contribution in [2.75, 3.05) is 39.4 Å². The number of alkyl carbamates (subject to hydrolysis) is 2. The first-order valence-electron chi connectivity index (χ1n) is 22.9. The molecule has 4 amide bonds. The van der Waals surface area contributed by atoms with Gasteiger partial charge in [-0.05, 0) is 98.9 Å². The predicted octanol–water partition coefficient (Wildman–Crippen LogP) is 8.47. The summed E-state index contributed by atoms with van der Waals surface area (Å²) in [6.45, 7) is 11.1. The number of ether oxygens (including phenoxy) is 4. The second kappa shape index (κ2) is 20.4. The molecule has 4 aromatic carbocycles. The maximum Gasteiger partial charge on any atom is 0.409 e. The van der Waals surface area contributed by atoms with Crippen LogP contribution in [0.1, 0.15) is 88.5 Å². The van der Waals surface area contributed by atoms with E-state index in [1.165, 1.54) is 9.80 Å². The third-order valence-corrected chi connectivity index (χ3v) is 12.2. The summed E-state index contributed by atoms with van der Waals surface area (Å²) >= 11 is 0. The number of benzene rings is 4. The van der Waals surface area contributed by atoms with Gasteiger partial charge >= 0.3 is 36.3 Å². The van der Waals surface area contributed by atoms with E-state index in [0.717, 1.165) is 44.5 Å². The number of amides is 4. The number of carboxylic acid groups (broad SMARTS) is 2. The topological polar surface area (TPSA) is 210 Å². The van der Waals surface area contributed by atoms with Gasteiger partial charge in [0.1, 0.15) is 24.4 Å². The highest BCUT2D eigenvalue weighted by Crippen LogP contribution is 2.46. The van der Waals surface area contributed by atoms with Gasteiger partial charge in [-0.2, -0.15) is 0 Å². The zero-order chi connectivity index (χ0) is 48.9. The lowest BCUT2D eigenvalue weighted by Crippen LogP contribution is -2.54. The minimum atomic E-state index is -1.02. The largest absolute Gasteiger partial charge is 0.481 e. The van der Waals surface area contributed by atoms with Gasteiger partial charge in [-0.3, -0.25) is 9.59 Å². The van der Waals surface area contributed by atoms with Gasteiger partial charge in [-0.25, -0.2) is 19.2 Å². The summed E-state index contributed by atoms with van der Waals surface area (Å²) in [7, 11) is 0. The molecular weight excluding hydrogens is 873 g/mol. The quantitative estimate of drug-likeness (QED) is 0.123. The van der Waals surface area contributed by atoms with Crippen LogP contribution in [-0.2, 0) is 28.5 Å². The molecule has 4 atom stereocenters. The van der Waals surface area contributed by atoms with Crippen LogP contribution < -0.4 is 10.6 Å². The first-order valence-corrected chi connectivity index (χ1v) is 22.9. The van der Waals surface area contributed by atoms with Gasteiger partial charge in [0.05, 0.1) is 23.9 Å². The molecule has 0 spiro atoms. The van der Waals surface area contributed by atoms with Crippen molar-refractivity contribution in [1.82, 2.24) is 20.4 Å². The Morgan fingerprint density at radius 3 is 1.07 bits per heavy atom. The zero-order valence-electron chi connectivity index (χ0n) is 39.2. The molecular formula is C52H60N4O12. The first-order chi connectivity index (χ1) is 32.2. The van der Waals surface area contributed by atoms with E-state index >= 15 is 0 Å². The highest BCUT2D eigenvalue weighted by atomic mass is 16.6. The Hall–Kier alpha value is -7.10. The van der Waals surface area contributed by atoms with Crippen molar-refractivity contribution in [2.24, 2.45) is 11.8 Å². The predicted molar refractivity (Wildman–Crippen MR) is 251 cm³/mol. The Morgan fingerprint density at radius 1 is 0.500 bits per heavy atom. The average Bonchev–Trinajstić information content (AvgIpc) is 3.78. The molecule has 4 N–H and O–H groups in total. The van der Waals surface area contributed by atoms with E-state index < -0.39 is 71.4 Å². The van der Waals surface area contributed by atoms with Crippen LogP contribution in [0.2, 0.25) is 0 Å². The summed E-state index contributed by atoms with van der Waals surface area (Å²) in [5.74, 6) is -3.85. The molecule has 0 saturated carbocycles. The molecule has 0 radical (unpaired) electrons. The number of nitrogens with one attached hydrogen (secondary N) is 2. The molecule has 16 heteroatoms. The second-order valence-corrected chi connectivity index (χ2v) is 19.6. The molecule has 68 heavy (non-hydrogen) atoms. The van der Waals surface area contributed by atoms with Crippen molar-refractivity contribution in [1.29, 1.82) is 0 Å². The van der Waals surface area contributed by atoms with Crippen LogP contribution in [0.3, 0.4) is 0 Å². The fourth-order valence-electron chi connectivity index (χ4n) is 9.38. The lowest BCUT2D eigenvalue weighted by atomic mass is 9.94. The minimum Gasteiger partial charge on any atom is -0.481 e. The first kappa shape index (κ1) is 48.8. The maximum atomic E-state index is 13.0. The molecule has 2 aliphatic carbocycles. The van der Waals surface area contributed by atoms with E-state index in [4.69, 9.17) is 18.9 Å². The maximum absolute atomic E-state index is 13.0. The van der Waals surface area contributed by atoms with Crippen molar-refractivity contribution >= 4 is 36.3 Å². The number of carbonyl (C=O) groups is 6. The third kappa shape index (κ3) is 11.9. The molecule has 0 aromatic heterocycles. The van der Waals surface area contributed by atoms with E-state index in [1.54, 1.807) is 41.5 Å². The van der Waals surface area contributed by atoms with Crippen LogP contribution >= 0.6 is 0 Å². The van der Waals surface area contributed by atoms with Gasteiger partial charge < -0.3 is 49.6 Å². The number of carbonyl (C=O) groups excluding carboxylic acids is 4. The van der Waals surface area contributed by atoms with Gasteiger partial charge in [0.15, 0.2) is 0 Å². The van der Waals surface area contributed by atoms with Crippen LogP contribution in [-0.4, -0.2) is 119 Å². The van der Waals surface area contributed by atoms with E-state index in [-0.39, 0.29) is 64.1 Å². The van der Waals surface area contributed by atoms with Gasteiger partial charge in [0, 0.05) is 38.0 Å². The third-order valence-electron chi connectivity index (χ3n) is 12.2. The lowest BCUT2D eigenvalue weighted by molar-refractivity contribution is -0.144. The van der Waals surface area contributed by atoms with Gasteiger partial charge in [-0.15, -0.1) is 0 Å².